The van der Waals surface area contributed by atoms with Crippen molar-refractivity contribution in [1.29, 1.82) is 0 Å². The molecule has 2 rings (SSSR count). The average Bonchev–Trinajstić information content (AvgIpc) is 2.46. The molecule has 9 heteroatoms. The number of alkyl halides is 3. The van der Waals surface area contributed by atoms with Gasteiger partial charge in [0.25, 0.3) is 0 Å². The normalized spacial score (nSPS) is 21.0. The van der Waals surface area contributed by atoms with Gasteiger partial charge < -0.3 is 5.32 Å². The van der Waals surface area contributed by atoms with E-state index in [0.29, 0.717) is 6.42 Å². The molecule has 1 N–H and O–H groups in total. The number of likely N-dealkylation sites (N-methyl/N-ethyl adjacent to an activating group) is 1. The maximum absolute atomic E-state index is 13.1. The van der Waals surface area contributed by atoms with Crippen LogP contribution < -0.4 is 5.32 Å². The molecule has 22 heavy (non-hydrogen) atoms. The van der Waals surface area contributed by atoms with E-state index in [1.165, 1.54) is 0 Å². The molecule has 0 saturated carbocycles. The van der Waals surface area contributed by atoms with Crippen molar-refractivity contribution in [1.82, 2.24) is 9.62 Å². The summed E-state index contributed by atoms with van der Waals surface area (Å²) in [7, 11) is -2.62. The smallest absolute Gasteiger partial charge is 0.316 e. The van der Waals surface area contributed by atoms with Crippen LogP contribution in [0, 0.1) is 0 Å². The monoisotopic (exact) mass is 356 g/mol. The van der Waals surface area contributed by atoms with Crippen LogP contribution >= 0.6 is 11.6 Å². The van der Waals surface area contributed by atoms with E-state index in [4.69, 9.17) is 11.6 Å². The largest absolute Gasteiger partial charge is 0.417 e. The molecular weight excluding hydrogens is 341 g/mol. The van der Waals surface area contributed by atoms with Crippen LogP contribution in [0.25, 0.3) is 0 Å². The van der Waals surface area contributed by atoms with E-state index in [2.05, 4.69) is 5.32 Å². The van der Waals surface area contributed by atoms with Crippen molar-refractivity contribution in [2.75, 3.05) is 20.1 Å². The Bertz CT molecular complexity index is 649. The number of hydrogen-bond acceptors (Lipinski definition) is 3. The molecule has 0 spiro atoms. The SMILES string of the molecule is CNC1CCCN(S(=O)(=O)c2c(Cl)cccc2C(F)(F)F)C1. The Morgan fingerprint density at radius 1 is 1.36 bits per heavy atom. The summed E-state index contributed by atoms with van der Waals surface area (Å²) in [5, 5.41) is 2.54. The number of hydrogen-bond donors (Lipinski definition) is 1. The third-order valence-corrected chi connectivity index (χ3v) is 6.06. The Hall–Kier alpha value is -0.830. The molecule has 0 aromatic heterocycles. The molecule has 124 valence electrons. The lowest BCUT2D eigenvalue weighted by Gasteiger charge is -2.32. The van der Waals surface area contributed by atoms with E-state index >= 15 is 0 Å². The Kier molecular flexibility index (Phi) is 5.06. The fourth-order valence-corrected chi connectivity index (χ4v) is 4.77. The highest BCUT2D eigenvalue weighted by molar-refractivity contribution is 7.89. The molecule has 0 aliphatic carbocycles. The van der Waals surface area contributed by atoms with Gasteiger partial charge in [-0.3, -0.25) is 0 Å². The van der Waals surface area contributed by atoms with Crippen LogP contribution in [0.1, 0.15) is 18.4 Å². The van der Waals surface area contributed by atoms with Gasteiger partial charge in [-0.15, -0.1) is 0 Å². The molecule has 0 amide bonds. The van der Waals surface area contributed by atoms with E-state index in [1.807, 2.05) is 0 Å². The van der Waals surface area contributed by atoms with Gasteiger partial charge in [-0.25, -0.2) is 8.42 Å². The van der Waals surface area contributed by atoms with Crippen LogP contribution in [0.4, 0.5) is 13.2 Å². The van der Waals surface area contributed by atoms with Gasteiger partial charge >= 0.3 is 6.18 Å². The topological polar surface area (TPSA) is 49.4 Å². The van der Waals surface area contributed by atoms with Gasteiger partial charge in [0.1, 0.15) is 4.90 Å². The predicted molar refractivity (Wildman–Crippen MR) is 77.3 cm³/mol. The molecule has 1 aliphatic heterocycles. The van der Waals surface area contributed by atoms with Crippen molar-refractivity contribution in [3.63, 3.8) is 0 Å². The van der Waals surface area contributed by atoms with Crippen molar-refractivity contribution in [3.8, 4) is 0 Å². The van der Waals surface area contributed by atoms with Crippen molar-refractivity contribution in [2.45, 2.75) is 30.0 Å². The summed E-state index contributed by atoms with van der Waals surface area (Å²) in [4.78, 5) is -0.860. The number of nitrogens with zero attached hydrogens (tertiary/aromatic N) is 1. The molecule has 1 unspecified atom stereocenters. The van der Waals surface area contributed by atoms with Gasteiger partial charge in [0, 0.05) is 19.1 Å². The molecule has 1 heterocycles. The summed E-state index contributed by atoms with van der Waals surface area (Å²) in [5.41, 5.74) is -1.23. The Labute approximate surface area is 132 Å². The van der Waals surface area contributed by atoms with Crippen LogP contribution in [0.5, 0.6) is 0 Å². The molecule has 1 aliphatic rings. The quantitative estimate of drug-likeness (QED) is 0.906. The minimum atomic E-state index is -4.79. The highest BCUT2D eigenvalue weighted by atomic mass is 35.5. The lowest BCUT2D eigenvalue weighted by Crippen LogP contribution is -2.47. The highest BCUT2D eigenvalue weighted by Crippen LogP contribution is 2.39. The summed E-state index contributed by atoms with van der Waals surface area (Å²) in [5.74, 6) is 0. The molecule has 1 aromatic rings. The Morgan fingerprint density at radius 2 is 2.05 bits per heavy atom. The third kappa shape index (κ3) is 3.40. The van der Waals surface area contributed by atoms with Crippen molar-refractivity contribution in [2.24, 2.45) is 0 Å². The van der Waals surface area contributed by atoms with Gasteiger partial charge in [-0.2, -0.15) is 17.5 Å². The van der Waals surface area contributed by atoms with Crippen molar-refractivity contribution >= 4 is 21.6 Å². The number of halogens is 4. The van der Waals surface area contributed by atoms with Crippen LogP contribution in [0.15, 0.2) is 23.1 Å². The fraction of sp³-hybridized carbons (Fsp3) is 0.538. The first kappa shape index (κ1) is 17.5. The highest BCUT2D eigenvalue weighted by Gasteiger charge is 2.41. The summed E-state index contributed by atoms with van der Waals surface area (Å²) in [6.45, 7) is 0.310. The fourth-order valence-electron chi connectivity index (χ4n) is 2.52. The molecule has 4 nitrogen and oxygen atoms in total. The summed E-state index contributed by atoms with van der Waals surface area (Å²) in [6, 6.07) is 2.90. The maximum atomic E-state index is 13.1. The van der Waals surface area contributed by atoms with E-state index in [9.17, 15) is 21.6 Å². The number of nitrogens with one attached hydrogen (secondary N) is 1. The molecule has 1 fully saturated rings. The third-order valence-electron chi connectivity index (χ3n) is 3.66. The van der Waals surface area contributed by atoms with E-state index in [-0.39, 0.29) is 19.1 Å². The minimum Gasteiger partial charge on any atom is -0.316 e. The standard InChI is InChI=1S/C13H16ClF3N2O2S/c1-18-9-4-3-7-19(8-9)22(20,21)12-10(13(15,16)17)5-2-6-11(12)14/h2,5-6,9,18H,3-4,7-8H2,1H3. The molecule has 0 radical (unpaired) electrons. The molecule has 1 atom stereocenters. The van der Waals surface area contributed by atoms with Crippen LogP contribution in [-0.4, -0.2) is 38.9 Å². The van der Waals surface area contributed by atoms with Gasteiger partial charge in [0.15, 0.2) is 0 Å². The lowest BCUT2D eigenvalue weighted by molar-refractivity contribution is -0.139. The minimum absolute atomic E-state index is 0.0830. The first-order valence-corrected chi connectivity index (χ1v) is 8.53. The number of sulfonamides is 1. The molecule has 1 aromatic carbocycles. The summed E-state index contributed by atoms with van der Waals surface area (Å²) in [6.07, 6.45) is -3.43. The number of rotatable bonds is 3. The molecule has 1 saturated heterocycles. The first-order chi connectivity index (χ1) is 10.2. The van der Waals surface area contributed by atoms with E-state index < -0.39 is 31.7 Å². The zero-order valence-electron chi connectivity index (χ0n) is 11.8. The summed E-state index contributed by atoms with van der Waals surface area (Å²) >= 11 is 5.79. The van der Waals surface area contributed by atoms with Gasteiger partial charge in [0.05, 0.1) is 10.6 Å². The van der Waals surface area contributed by atoms with Crippen LogP contribution in [0.2, 0.25) is 5.02 Å². The Balaban J connectivity index is 2.50. The predicted octanol–water partition coefficient (Wildman–Crippen LogP) is 2.73. The molecule has 0 bridgehead atoms. The van der Waals surface area contributed by atoms with Crippen molar-refractivity contribution in [3.05, 3.63) is 28.8 Å². The first-order valence-electron chi connectivity index (χ1n) is 6.71. The zero-order chi connectivity index (χ0) is 16.5. The van der Waals surface area contributed by atoms with Crippen LogP contribution in [-0.2, 0) is 16.2 Å². The number of benzene rings is 1. The van der Waals surface area contributed by atoms with Crippen LogP contribution in [0.3, 0.4) is 0 Å². The second-order valence-corrected chi connectivity index (χ2v) is 7.39. The van der Waals surface area contributed by atoms with E-state index in [0.717, 1.165) is 28.9 Å². The number of piperidine rings is 1. The van der Waals surface area contributed by atoms with Gasteiger partial charge in [-0.1, -0.05) is 17.7 Å². The second-order valence-electron chi connectivity index (χ2n) is 5.11. The Morgan fingerprint density at radius 3 is 2.64 bits per heavy atom. The van der Waals surface area contributed by atoms with E-state index in [1.54, 1.807) is 7.05 Å². The van der Waals surface area contributed by atoms with Crippen molar-refractivity contribution < 1.29 is 21.6 Å². The summed E-state index contributed by atoms with van der Waals surface area (Å²) < 4.78 is 65.7. The zero-order valence-corrected chi connectivity index (χ0v) is 13.4. The second kappa shape index (κ2) is 6.35. The van der Waals surface area contributed by atoms with Gasteiger partial charge in [0.2, 0.25) is 10.0 Å². The van der Waals surface area contributed by atoms with Gasteiger partial charge in [-0.05, 0) is 32.0 Å². The average molecular weight is 357 g/mol. The maximum Gasteiger partial charge on any atom is 0.417 e. The molecular formula is C13H16ClF3N2O2S. The lowest BCUT2D eigenvalue weighted by atomic mass is 10.1.